The van der Waals surface area contributed by atoms with E-state index in [1.165, 1.54) is 12.8 Å². The first kappa shape index (κ1) is 23.8. The van der Waals surface area contributed by atoms with E-state index in [-0.39, 0.29) is 18.0 Å². The van der Waals surface area contributed by atoms with Crippen LogP contribution in [0.1, 0.15) is 31.9 Å². The zero-order valence-corrected chi connectivity index (χ0v) is 15.7. The maximum atomic E-state index is 12.1. The van der Waals surface area contributed by atoms with E-state index in [4.69, 9.17) is 15.6 Å². The summed E-state index contributed by atoms with van der Waals surface area (Å²) in [5, 5.41) is 13.4. The predicted octanol–water partition coefficient (Wildman–Crippen LogP) is 1.48. The topological polar surface area (TPSA) is 117 Å². The van der Waals surface area contributed by atoms with Gasteiger partial charge in [0.1, 0.15) is 0 Å². The number of nitrogens with two attached hydrogens (primary N) is 1. The molecule has 1 heterocycles. The molecule has 1 aromatic heterocycles. The number of carbonyl (C=O) groups is 2. The Morgan fingerprint density at radius 2 is 2.00 bits per heavy atom. The molecule has 1 amide bonds. The van der Waals surface area contributed by atoms with Crippen LogP contribution in [0.15, 0.2) is 24.4 Å². The molecule has 2 atom stereocenters. The molecule has 1 saturated carbocycles. The number of hydrogen-bond acceptors (Lipinski definition) is 5. The molecule has 0 radical (unpaired) electrons. The molecular weight excluding hydrogens is 377 g/mol. The second kappa shape index (κ2) is 11.6. The van der Waals surface area contributed by atoms with Crippen molar-refractivity contribution >= 4 is 11.9 Å². The third kappa shape index (κ3) is 10.2. The van der Waals surface area contributed by atoms with Crippen LogP contribution >= 0.6 is 0 Å². The van der Waals surface area contributed by atoms with Crippen molar-refractivity contribution < 1.29 is 27.9 Å². The van der Waals surface area contributed by atoms with Gasteiger partial charge in [0.25, 0.3) is 0 Å². The van der Waals surface area contributed by atoms with Crippen molar-refractivity contribution in [2.24, 2.45) is 11.7 Å². The molecule has 0 spiro atoms. The number of aromatic nitrogens is 1. The van der Waals surface area contributed by atoms with E-state index in [9.17, 15) is 18.0 Å². The highest BCUT2D eigenvalue weighted by Crippen LogP contribution is 2.27. The molecule has 0 unspecified atom stereocenters. The van der Waals surface area contributed by atoms with E-state index in [1.54, 1.807) is 6.20 Å². The van der Waals surface area contributed by atoms with Crippen molar-refractivity contribution in [2.75, 3.05) is 13.1 Å². The maximum Gasteiger partial charge on any atom is 0.490 e. The lowest BCUT2D eigenvalue weighted by molar-refractivity contribution is -0.192. The van der Waals surface area contributed by atoms with Crippen LogP contribution < -0.4 is 16.4 Å². The van der Waals surface area contributed by atoms with Gasteiger partial charge in [-0.1, -0.05) is 13.0 Å². The molecule has 0 bridgehead atoms. The Bertz CT molecular complexity index is 610. The Morgan fingerprint density at radius 1 is 1.36 bits per heavy atom. The summed E-state index contributed by atoms with van der Waals surface area (Å²) in [5.74, 6) is -1.96. The lowest BCUT2D eigenvalue weighted by Gasteiger charge is -2.19. The second-order valence-electron chi connectivity index (χ2n) is 6.65. The number of aliphatic carboxylic acids is 1. The van der Waals surface area contributed by atoms with Crippen molar-refractivity contribution in [3.8, 4) is 0 Å². The van der Waals surface area contributed by atoms with Gasteiger partial charge in [-0.25, -0.2) is 4.79 Å². The average Bonchev–Trinajstić information content (AvgIpc) is 3.45. The summed E-state index contributed by atoms with van der Waals surface area (Å²) in [6.45, 7) is 3.45. The number of nitrogens with one attached hydrogen (secondary N) is 2. The van der Waals surface area contributed by atoms with Crippen molar-refractivity contribution in [3.63, 3.8) is 0 Å². The molecule has 7 nitrogen and oxygen atoms in total. The number of carboxylic acid groups (broad SMARTS) is 1. The van der Waals surface area contributed by atoms with Crippen molar-refractivity contribution in [1.29, 1.82) is 0 Å². The monoisotopic (exact) mass is 404 g/mol. The number of amides is 1. The predicted molar refractivity (Wildman–Crippen MR) is 97.4 cm³/mol. The minimum atomic E-state index is -5.08. The standard InChI is InChI=1S/C16H26N4O.C2HF3O2/c1-2-15(16(21)20-10-12-6-7-12)19-11-13(17)9-14-5-3-4-8-18-14;3-2(4,5)1(6)7/h3-5,8,12-13,15,19H,2,6-7,9-11,17H2,1H3,(H,20,21);(H,6,7)/t13-,15-;/m0./s1. The van der Waals surface area contributed by atoms with Gasteiger partial charge in [-0.3, -0.25) is 9.78 Å². The van der Waals surface area contributed by atoms with Crippen LogP contribution in [-0.4, -0.2) is 53.3 Å². The number of pyridine rings is 1. The van der Waals surface area contributed by atoms with Crippen LogP contribution in [-0.2, 0) is 16.0 Å². The maximum absolute atomic E-state index is 12.1. The summed E-state index contributed by atoms with van der Waals surface area (Å²) in [7, 11) is 0. The number of nitrogens with zero attached hydrogens (tertiary/aromatic N) is 1. The van der Waals surface area contributed by atoms with Gasteiger partial charge in [0, 0.05) is 37.4 Å². The molecular formula is C18H27F3N4O3. The molecule has 28 heavy (non-hydrogen) atoms. The first-order chi connectivity index (χ1) is 13.1. The van der Waals surface area contributed by atoms with Gasteiger partial charge in [-0.2, -0.15) is 13.2 Å². The van der Waals surface area contributed by atoms with Gasteiger partial charge in [-0.05, 0) is 37.3 Å². The number of alkyl halides is 3. The molecule has 0 aromatic carbocycles. The minimum absolute atomic E-state index is 0.0369. The first-order valence-corrected chi connectivity index (χ1v) is 9.10. The SMILES string of the molecule is CC[C@H](NC[C@@H](N)Cc1ccccn1)C(=O)NCC1CC1.O=C(O)C(F)(F)F. The highest BCUT2D eigenvalue weighted by atomic mass is 19.4. The lowest BCUT2D eigenvalue weighted by Crippen LogP contribution is -2.48. The first-order valence-electron chi connectivity index (χ1n) is 9.10. The number of carbonyl (C=O) groups excluding carboxylic acids is 1. The van der Waals surface area contributed by atoms with Gasteiger partial charge >= 0.3 is 12.1 Å². The Morgan fingerprint density at radius 3 is 2.46 bits per heavy atom. The molecule has 0 saturated heterocycles. The number of halogens is 3. The van der Waals surface area contributed by atoms with Gasteiger partial charge in [0.2, 0.25) is 5.91 Å². The third-order valence-electron chi connectivity index (χ3n) is 4.05. The Hall–Kier alpha value is -2.20. The Kier molecular flexibility index (Phi) is 9.88. The van der Waals surface area contributed by atoms with Crippen LogP contribution in [0.4, 0.5) is 13.2 Å². The van der Waals surface area contributed by atoms with Gasteiger partial charge < -0.3 is 21.5 Å². The number of carboxylic acids is 1. The summed E-state index contributed by atoms with van der Waals surface area (Å²) in [6, 6.07) is 5.64. The van der Waals surface area contributed by atoms with E-state index in [2.05, 4.69) is 15.6 Å². The number of hydrogen-bond donors (Lipinski definition) is 4. The van der Waals surface area contributed by atoms with E-state index in [1.807, 2.05) is 25.1 Å². The fourth-order valence-electron chi connectivity index (χ4n) is 2.27. The van der Waals surface area contributed by atoms with Crippen LogP contribution in [0.5, 0.6) is 0 Å². The van der Waals surface area contributed by atoms with E-state index >= 15 is 0 Å². The smallest absolute Gasteiger partial charge is 0.475 e. The number of rotatable bonds is 9. The van der Waals surface area contributed by atoms with Gasteiger partial charge in [0.15, 0.2) is 0 Å². The van der Waals surface area contributed by atoms with Crippen LogP contribution in [0.25, 0.3) is 0 Å². The summed E-state index contributed by atoms with van der Waals surface area (Å²) < 4.78 is 31.7. The summed E-state index contributed by atoms with van der Waals surface area (Å²) in [5.41, 5.74) is 7.09. The van der Waals surface area contributed by atoms with Crippen molar-refractivity contribution in [1.82, 2.24) is 15.6 Å². The van der Waals surface area contributed by atoms with Crippen molar-refractivity contribution in [3.05, 3.63) is 30.1 Å². The summed E-state index contributed by atoms with van der Waals surface area (Å²) >= 11 is 0. The molecule has 1 aliphatic rings. The van der Waals surface area contributed by atoms with Gasteiger partial charge in [0.05, 0.1) is 6.04 Å². The zero-order chi connectivity index (χ0) is 21.2. The Balaban J connectivity index is 0.000000480. The van der Waals surface area contributed by atoms with Crippen LogP contribution in [0.2, 0.25) is 0 Å². The lowest BCUT2D eigenvalue weighted by atomic mass is 10.1. The quantitative estimate of drug-likeness (QED) is 0.495. The highest BCUT2D eigenvalue weighted by Gasteiger charge is 2.38. The van der Waals surface area contributed by atoms with Crippen LogP contribution in [0, 0.1) is 5.92 Å². The fourth-order valence-corrected chi connectivity index (χ4v) is 2.27. The average molecular weight is 404 g/mol. The van der Waals surface area contributed by atoms with Crippen LogP contribution in [0.3, 0.4) is 0 Å². The summed E-state index contributed by atoms with van der Waals surface area (Å²) in [4.78, 5) is 25.2. The molecule has 0 aliphatic heterocycles. The van der Waals surface area contributed by atoms with Gasteiger partial charge in [-0.15, -0.1) is 0 Å². The van der Waals surface area contributed by atoms with E-state index in [0.29, 0.717) is 18.9 Å². The zero-order valence-electron chi connectivity index (χ0n) is 15.7. The highest BCUT2D eigenvalue weighted by molar-refractivity contribution is 5.81. The molecule has 1 fully saturated rings. The molecule has 1 aliphatic carbocycles. The largest absolute Gasteiger partial charge is 0.490 e. The normalized spacial score (nSPS) is 15.8. The molecule has 10 heteroatoms. The minimum Gasteiger partial charge on any atom is -0.475 e. The molecule has 158 valence electrons. The molecule has 5 N–H and O–H groups in total. The van der Waals surface area contributed by atoms with E-state index in [0.717, 1.165) is 18.7 Å². The van der Waals surface area contributed by atoms with Crippen molar-refractivity contribution in [2.45, 2.75) is 50.9 Å². The summed E-state index contributed by atoms with van der Waals surface area (Å²) in [6.07, 6.45) is 0.676. The second-order valence-corrected chi connectivity index (χ2v) is 6.65. The Labute approximate surface area is 161 Å². The molecule has 2 rings (SSSR count). The molecule has 1 aromatic rings. The van der Waals surface area contributed by atoms with E-state index < -0.39 is 12.1 Å². The fraction of sp³-hybridized carbons (Fsp3) is 0.611. The third-order valence-corrected chi connectivity index (χ3v) is 4.05.